The molecule has 110 valence electrons. The normalized spacial score (nSPS) is 13.9. The zero-order chi connectivity index (χ0) is 14.7. The smallest absolute Gasteiger partial charge is 0.119 e. The van der Waals surface area contributed by atoms with E-state index in [9.17, 15) is 0 Å². The van der Waals surface area contributed by atoms with E-state index >= 15 is 0 Å². The van der Waals surface area contributed by atoms with Gasteiger partial charge < -0.3 is 15.4 Å². The summed E-state index contributed by atoms with van der Waals surface area (Å²) >= 11 is 0. The summed E-state index contributed by atoms with van der Waals surface area (Å²) in [6.45, 7) is 4.78. The number of nitrogens with zero attached hydrogens (tertiary/aromatic N) is 1. The number of fused-ring (bicyclic) bond motifs is 1. The van der Waals surface area contributed by atoms with Gasteiger partial charge in [-0.25, -0.2) is 0 Å². The van der Waals surface area contributed by atoms with E-state index < -0.39 is 0 Å². The highest BCUT2D eigenvalue weighted by molar-refractivity contribution is 5.61. The van der Waals surface area contributed by atoms with Crippen LogP contribution in [-0.2, 0) is 6.42 Å². The second-order valence-electron chi connectivity index (χ2n) is 5.64. The lowest BCUT2D eigenvalue weighted by atomic mass is 10.0. The van der Waals surface area contributed by atoms with E-state index in [0.29, 0.717) is 6.61 Å². The molecule has 21 heavy (non-hydrogen) atoms. The molecule has 0 saturated heterocycles. The van der Waals surface area contributed by atoms with Gasteiger partial charge >= 0.3 is 0 Å². The van der Waals surface area contributed by atoms with Crippen LogP contribution >= 0.6 is 0 Å². The second-order valence-corrected chi connectivity index (χ2v) is 5.64. The van der Waals surface area contributed by atoms with E-state index in [1.165, 1.54) is 23.2 Å². The Morgan fingerprint density at radius 3 is 2.95 bits per heavy atom. The lowest BCUT2D eigenvalue weighted by Gasteiger charge is -2.31. The lowest BCUT2D eigenvalue weighted by Crippen LogP contribution is -2.33. The quantitative estimate of drug-likeness (QED) is 0.873. The first-order valence-electron chi connectivity index (χ1n) is 7.55. The van der Waals surface area contributed by atoms with Gasteiger partial charge in [0.05, 0.1) is 6.54 Å². The standard InChI is InChI=1S/C18H22N2O/c1-14-4-2-6-17(12-14)21-11-10-20-9-3-5-15-13-16(19)7-8-18(15)20/h2,4,6-8,12-13H,3,5,9-11,19H2,1H3. The molecule has 2 aromatic rings. The van der Waals surface area contributed by atoms with Crippen molar-refractivity contribution in [2.75, 3.05) is 30.3 Å². The minimum atomic E-state index is 0.702. The van der Waals surface area contributed by atoms with E-state index in [4.69, 9.17) is 10.5 Å². The van der Waals surface area contributed by atoms with Crippen molar-refractivity contribution in [3.8, 4) is 5.75 Å². The molecule has 1 aliphatic heterocycles. The van der Waals surface area contributed by atoms with Crippen LogP contribution in [0.1, 0.15) is 17.5 Å². The van der Waals surface area contributed by atoms with Crippen molar-refractivity contribution >= 4 is 11.4 Å². The van der Waals surface area contributed by atoms with Crippen molar-refractivity contribution in [1.29, 1.82) is 0 Å². The molecule has 0 spiro atoms. The van der Waals surface area contributed by atoms with E-state index in [0.717, 1.165) is 30.9 Å². The molecule has 0 unspecified atom stereocenters. The maximum absolute atomic E-state index is 5.87. The third kappa shape index (κ3) is 3.30. The summed E-state index contributed by atoms with van der Waals surface area (Å²) in [6, 6.07) is 14.4. The molecule has 3 rings (SSSR count). The summed E-state index contributed by atoms with van der Waals surface area (Å²) in [7, 11) is 0. The highest BCUT2D eigenvalue weighted by atomic mass is 16.5. The fourth-order valence-electron chi connectivity index (χ4n) is 2.91. The van der Waals surface area contributed by atoms with Crippen molar-refractivity contribution in [3.63, 3.8) is 0 Å². The van der Waals surface area contributed by atoms with Gasteiger partial charge in [0.25, 0.3) is 0 Å². The maximum atomic E-state index is 5.87. The molecule has 0 atom stereocenters. The van der Waals surface area contributed by atoms with Crippen molar-refractivity contribution in [2.45, 2.75) is 19.8 Å². The van der Waals surface area contributed by atoms with Gasteiger partial charge in [-0.3, -0.25) is 0 Å². The number of anilines is 2. The number of hydrogen-bond donors (Lipinski definition) is 1. The number of ether oxygens (including phenoxy) is 1. The fourth-order valence-corrected chi connectivity index (χ4v) is 2.91. The third-order valence-electron chi connectivity index (χ3n) is 3.94. The van der Waals surface area contributed by atoms with Crippen LogP contribution in [-0.4, -0.2) is 19.7 Å². The Labute approximate surface area is 126 Å². The van der Waals surface area contributed by atoms with E-state index in [1.54, 1.807) is 0 Å². The monoisotopic (exact) mass is 282 g/mol. The highest BCUT2D eigenvalue weighted by Gasteiger charge is 2.16. The maximum Gasteiger partial charge on any atom is 0.119 e. The second kappa shape index (κ2) is 6.08. The summed E-state index contributed by atoms with van der Waals surface area (Å²) < 4.78 is 5.86. The number of nitrogens with two attached hydrogens (primary N) is 1. The Morgan fingerprint density at radius 1 is 1.19 bits per heavy atom. The molecule has 2 aromatic carbocycles. The van der Waals surface area contributed by atoms with Gasteiger partial charge in [0.15, 0.2) is 0 Å². The molecule has 0 aromatic heterocycles. The Hall–Kier alpha value is -2.16. The fraction of sp³-hybridized carbons (Fsp3) is 0.333. The number of nitrogen functional groups attached to an aromatic ring is 1. The van der Waals surface area contributed by atoms with E-state index in [-0.39, 0.29) is 0 Å². The predicted molar refractivity (Wildman–Crippen MR) is 88.1 cm³/mol. The largest absolute Gasteiger partial charge is 0.492 e. The van der Waals surface area contributed by atoms with Crippen LogP contribution < -0.4 is 15.4 Å². The van der Waals surface area contributed by atoms with Crippen LogP contribution in [0.3, 0.4) is 0 Å². The average molecular weight is 282 g/mol. The minimum Gasteiger partial charge on any atom is -0.492 e. The van der Waals surface area contributed by atoms with Crippen LogP contribution in [0.5, 0.6) is 5.75 Å². The summed E-state index contributed by atoms with van der Waals surface area (Å²) in [4.78, 5) is 2.40. The molecule has 3 heteroatoms. The van der Waals surface area contributed by atoms with Gasteiger partial charge in [0, 0.05) is 17.9 Å². The van der Waals surface area contributed by atoms with Crippen molar-refractivity contribution in [1.82, 2.24) is 0 Å². The SMILES string of the molecule is Cc1cccc(OCCN2CCCc3cc(N)ccc32)c1. The van der Waals surface area contributed by atoms with Gasteiger partial charge in [-0.2, -0.15) is 0 Å². The van der Waals surface area contributed by atoms with Gasteiger partial charge in [-0.05, 0) is 61.2 Å². The topological polar surface area (TPSA) is 38.5 Å². The number of rotatable bonds is 4. The minimum absolute atomic E-state index is 0.702. The number of aryl methyl sites for hydroxylation is 2. The first-order chi connectivity index (χ1) is 10.2. The van der Waals surface area contributed by atoms with Crippen molar-refractivity contribution in [2.24, 2.45) is 0 Å². The van der Waals surface area contributed by atoms with Gasteiger partial charge in [-0.15, -0.1) is 0 Å². The molecule has 0 aliphatic carbocycles. The zero-order valence-corrected chi connectivity index (χ0v) is 12.5. The molecule has 0 radical (unpaired) electrons. The molecule has 2 N–H and O–H groups in total. The predicted octanol–water partition coefficient (Wildman–Crippen LogP) is 3.41. The first-order valence-corrected chi connectivity index (χ1v) is 7.55. The molecule has 1 heterocycles. The molecule has 0 fully saturated rings. The summed E-state index contributed by atoms with van der Waals surface area (Å²) in [6.07, 6.45) is 2.30. The number of benzene rings is 2. The molecular weight excluding hydrogens is 260 g/mol. The Bertz CT molecular complexity index is 624. The van der Waals surface area contributed by atoms with Crippen LogP contribution in [0.2, 0.25) is 0 Å². The van der Waals surface area contributed by atoms with Crippen LogP contribution in [0.15, 0.2) is 42.5 Å². The third-order valence-corrected chi connectivity index (χ3v) is 3.94. The summed E-state index contributed by atoms with van der Waals surface area (Å²) in [5.41, 5.74) is 10.6. The first kappa shape index (κ1) is 13.8. The summed E-state index contributed by atoms with van der Waals surface area (Å²) in [5.74, 6) is 0.949. The molecule has 0 bridgehead atoms. The van der Waals surface area contributed by atoms with Crippen molar-refractivity contribution in [3.05, 3.63) is 53.6 Å². The Balaban J connectivity index is 1.62. The van der Waals surface area contributed by atoms with Gasteiger partial charge in [0.1, 0.15) is 12.4 Å². The van der Waals surface area contributed by atoms with Gasteiger partial charge in [0.2, 0.25) is 0 Å². The van der Waals surface area contributed by atoms with Crippen LogP contribution in [0, 0.1) is 6.92 Å². The van der Waals surface area contributed by atoms with Crippen LogP contribution in [0.25, 0.3) is 0 Å². The molecule has 0 amide bonds. The molecule has 3 nitrogen and oxygen atoms in total. The molecular formula is C18H22N2O. The van der Waals surface area contributed by atoms with Gasteiger partial charge in [-0.1, -0.05) is 12.1 Å². The van der Waals surface area contributed by atoms with E-state index in [2.05, 4.69) is 36.1 Å². The van der Waals surface area contributed by atoms with Crippen molar-refractivity contribution < 1.29 is 4.74 Å². The molecule has 0 saturated carbocycles. The highest BCUT2D eigenvalue weighted by Crippen LogP contribution is 2.28. The average Bonchev–Trinajstić information content (AvgIpc) is 2.47. The van der Waals surface area contributed by atoms with Crippen LogP contribution in [0.4, 0.5) is 11.4 Å². The Morgan fingerprint density at radius 2 is 2.10 bits per heavy atom. The van der Waals surface area contributed by atoms with E-state index in [1.807, 2.05) is 18.2 Å². The number of hydrogen-bond acceptors (Lipinski definition) is 3. The lowest BCUT2D eigenvalue weighted by molar-refractivity contribution is 0.322. The Kier molecular flexibility index (Phi) is 4.00. The zero-order valence-electron chi connectivity index (χ0n) is 12.5. The summed E-state index contributed by atoms with van der Waals surface area (Å²) in [5, 5.41) is 0. The molecule has 1 aliphatic rings.